The van der Waals surface area contributed by atoms with Gasteiger partial charge < -0.3 is 0 Å². The van der Waals surface area contributed by atoms with Gasteiger partial charge >= 0.3 is 0 Å². The normalized spacial score (nSPS) is 19.6. The standard InChI is InChI=1S/C12H19NO2S2/c1-3-11-4-5-12(16-11)17(14,15)13-8-6-10(2)7-9-13/h4-5,10H,3,6-9H2,1-2H3. The molecular weight excluding hydrogens is 254 g/mol. The van der Waals surface area contributed by atoms with Crippen molar-refractivity contribution in [3.05, 3.63) is 17.0 Å². The van der Waals surface area contributed by atoms with Gasteiger partial charge in [-0.05, 0) is 37.3 Å². The van der Waals surface area contributed by atoms with Crippen molar-refractivity contribution in [1.29, 1.82) is 0 Å². The van der Waals surface area contributed by atoms with Crippen LogP contribution in [0.15, 0.2) is 16.3 Å². The zero-order valence-corrected chi connectivity index (χ0v) is 12.0. The summed E-state index contributed by atoms with van der Waals surface area (Å²) in [5, 5.41) is 0. The lowest BCUT2D eigenvalue weighted by atomic mass is 10.0. The number of hydrogen-bond acceptors (Lipinski definition) is 3. The third kappa shape index (κ3) is 2.72. The molecule has 1 aromatic rings. The third-order valence-electron chi connectivity index (χ3n) is 3.32. The van der Waals surface area contributed by atoms with Crippen LogP contribution in [0, 0.1) is 5.92 Å². The van der Waals surface area contributed by atoms with E-state index in [1.54, 1.807) is 10.4 Å². The lowest BCUT2D eigenvalue weighted by Crippen LogP contribution is -2.37. The maximum Gasteiger partial charge on any atom is 0.252 e. The molecule has 1 fully saturated rings. The van der Waals surface area contributed by atoms with E-state index in [1.807, 2.05) is 13.0 Å². The minimum atomic E-state index is -3.22. The van der Waals surface area contributed by atoms with Crippen LogP contribution in [0.25, 0.3) is 0 Å². The maximum atomic E-state index is 12.4. The fourth-order valence-corrected chi connectivity index (χ4v) is 4.96. The summed E-state index contributed by atoms with van der Waals surface area (Å²) in [6.07, 6.45) is 2.85. The van der Waals surface area contributed by atoms with Gasteiger partial charge in [0.25, 0.3) is 10.0 Å². The Morgan fingerprint density at radius 1 is 1.35 bits per heavy atom. The fourth-order valence-electron chi connectivity index (χ4n) is 2.04. The van der Waals surface area contributed by atoms with Gasteiger partial charge in [0.05, 0.1) is 0 Å². The number of rotatable bonds is 3. The summed E-state index contributed by atoms with van der Waals surface area (Å²) in [6.45, 7) is 5.57. The zero-order chi connectivity index (χ0) is 12.5. The van der Waals surface area contributed by atoms with Crippen molar-refractivity contribution in [3.63, 3.8) is 0 Å². The van der Waals surface area contributed by atoms with E-state index in [1.165, 1.54) is 11.3 Å². The predicted octanol–water partition coefficient (Wildman–Crippen LogP) is 2.73. The van der Waals surface area contributed by atoms with Crippen molar-refractivity contribution in [2.45, 2.75) is 37.3 Å². The number of piperidine rings is 1. The quantitative estimate of drug-likeness (QED) is 0.849. The molecule has 0 saturated carbocycles. The van der Waals surface area contributed by atoms with E-state index in [4.69, 9.17) is 0 Å². The maximum absolute atomic E-state index is 12.4. The van der Waals surface area contributed by atoms with Gasteiger partial charge in [-0.3, -0.25) is 0 Å². The van der Waals surface area contributed by atoms with Crippen LogP contribution in [-0.4, -0.2) is 25.8 Å². The predicted molar refractivity (Wildman–Crippen MR) is 70.9 cm³/mol. The highest BCUT2D eigenvalue weighted by Crippen LogP contribution is 2.28. The molecule has 2 heterocycles. The van der Waals surface area contributed by atoms with Gasteiger partial charge in [-0.15, -0.1) is 11.3 Å². The average Bonchev–Trinajstić information content (AvgIpc) is 2.78. The zero-order valence-electron chi connectivity index (χ0n) is 10.3. The third-order valence-corrected chi connectivity index (χ3v) is 6.92. The summed E-state index contributed by atoms with van der Waals surface area (Å²) in [4.78, 5) is 1.13. The first-order valence-corrected chi connectivity index (χ1v) is 8.38. The van der Waals surface area contributed by atoms with Crippen molar-refractivity contribution >= 4 is 21.4 Å². The van der Waals surface area contributed by atoms with Crippen molar-refractivity contribution in [1.82, 2.24) is 4.31 Å². The molecule has 0 aromatic carbocycles. The molecule has 1 aliphatic heterocycles. The minimum Gasteiger partial charge on any atom is -0.206 e. The second kappa shape index (κ2) is 5.08. The van der Waals surface area contributed by atoms with E-state index >= 15 is 0 Å². The van der Waals surface area contributed by atoms with E-state index in [9.17, 15) is 8.42 Å². The molecular formula is C12H19NO2S2. The highest BCUT2D eigenvalue weighted by Gasteiger charge is 2.28. The smallest absolute Gasteiger partial charge is 0.206 e. The van der Waals surface area contributed by atoms with Gasteiger partial charge in [0, 0.05) is 18.0 Å². The number of nitrogens with zero attached hydrogens (tertiary/aromatic N) is 1. The summed E-state index contributed by atoms with van der Waals surface area (Å²) < 4.78 is 26.9. The Labute approximate surface area is 108 Å². The monoisotopic (exact) mass is 273 g/mol. The largest absolute Gasteiger partial charge is 0.252 e. The number of aryl methyl sites for hydroxylation is 1. The van der Waals surface area contributed by atoms with Crippen molar-refractivity contribution < 1.29 is 8.42 Å². The Kier molecular flexibility index (Phi) is 3.90. The molecule has 3 nitrogen and oxygen atoms in total. The fraction of sp³-hybridized carbons (Fsp3) is 0.667. The molecule has 0 radical (unpaired) electrons. The molecule has 1 aliphatic rings. The Hall–Kier alpha value is -0.390. The number of thiophene rings is 1. The van der Waals surface area contributed by atoms with Gasteiger partial charge in [-0.2, -0.15) is 4.31 Å². The van der Waals surface area contributed by atoms with E-state index < -0.39 is 10.0 Å². The Balaban J connectivity index is 2.18. The van der Waals surface area contributed by atoms with Crippen LogP contribution in [-0.2, 0) is 16.4 Å². The van der Waals surface area contributed by atoms with Gasteiger partial charge in [0.2, 0.25) is 0 Å². The first kappa shape index (κ1) is 13.1. The summed E-state index contributed by atoms with van der Waals surface area (Å²) in [5.41, 5.74) is 0. The number of sulfonamides is 1. The lowest BCUT2D eigenvalue weighted by molar-refractivity contribution is 0.288. The minimum absolute atomic E-state index is 0.504. The van der Waals surface area contributed by atoms with Crippen LogP contribution < -0.4 is 0 Å². The topological polar surface area (TPSA) is 37.4 Å². The van der Waals surface area contributed by atoms with Crippen molar-refractivity contribution in [3.8, 4) is 0 Å². The van der Waals surface area contributed by atoms with Crippen LogP contribution in [0.4, 0.5) is 0 Å². The van der Waals surface area contributed by atoms with E-state index in [-0.39, 0.29) is 0 Å². The molecule has 0 aliphatic carbocycles. The Morgan fingerprint density at radius 3 is 2.53 bits per heavy atom. The first-order valence-electron chi connectivity index (χ1n) is 6.13. The van der Waals surface area contributed by atoms with Gasteiger partial charge in [-0.1, -0.05) is 13.8 Å². The van der Waals surface area contributed by atoms with Gasteiger partial charge in [0.15, 0.2) is 0 Å². The van der Waals surface area contributed by atoms with Gasteiger partial charge in [0.1, 0.15) is 4.21 Å². The molecule has 5 heteroatoms. The summed E-state index contributed by atoms with van der Waals surface area (Å²) in [5.74, 6) is 0.649. The van der Waals surface area contributed by atoms with Crippen molar-refractivity contribution in [2.75, 3.05) is 13.1 Å². The average molecular weight is 273 g/mol. The second-order valence-corrected chi connectivity index (χ2v) is 7.99. The van der Waals surface area contributed by atoms with Crippen LogP contribution in [0.3, 0.4) is 0 Å². The molecule has 0 bridgehead atoms. The molecule has 0 spiro atoms. The molecule has 1 saturated heterocycles. The molecule has 0 atom stereocenters. The van der Waals surface area contributed by atoms with Crippen LogP contribution in [0.5, 0.6) is 0 Å². The number of hydrogen-bond donors (Lipinski definition) is 0. The van der Waals surface area contributed by atoms with E-state index in [2.05, 4.69) is 6.92 Å². The summed E-state index contributed by atoms with van der Waals surface area (Å²) >= 11 is 1.40. The van der Waals surface area contributed by atoms with Crippen LogP contribution >= 0.6 is 11.3 Å². The van der Waals surface area contributed by atoms with E-state index in [0.717, 1.165) is 24.1 Å². The Morgan fingerprint density at radius 2 is 2.00 bits per heavy atom. The van der Waals surface area contributed by atoms with Crippen LogP contribution in [0.2, 0.25) is 0 Å². The van der Waals surface area contributed by atoms with Gasteiger partial charge in [-0.25, -0.2) is 8.42 Å². The molecule has 0 amide bonds. The molecule has 17 heavy (non-hydrogen) atoms. The highest BCUT2D eigenvalue weighted by atomic mass is 32.2. The van der Waals surface area contributed by atoms with E-state index in [0.29, 0.717) is 23.2 Å². The Bertz CT molecular complexity index is 470. The summed E-state index contributed by atoms with van der Waals surface area (Å²) in [7, 11) is -3.22. The lowest BCUT2D eigenvalue weighted by Gasteiger charge is -2.28. The molecule has 96 valence electrons. The molecule has 0 N–H and O–H groups in total. The SMILES string of the molecule is CCc1ccc(S(=O)(=O)N2CCC(C)CC2)s1. The highest BCUT2D eigenvalue weighted by molar-refractivity contribution is 7.91. The first-order chi connectivity index (χ1) is 8.04. The molecule has 0 unspecified atom stereocenters. The summed E-state index contributed by atoms with van der Waals surface area (Å²) in [6, 6.07) is 3.67. The van der Waals surface area contributed by atoms with Crippen molar-refractivity contribution in [2.24, 2.45) is 5.92 Å². The molecule has 2 rings (SSSR count). The van der Waals surface area contributed by atoms with Crippen LogP contribution in [0.1, 0.15) is 31.6 Å². The second-order valence-electron chi connectivity index (χ2n) is 4.66. The molecule has 1 aromatic heterocycles.